The molecule has 0 aromatic heterocycles. The van der Waals surface area contributed by atoms with Crippen molar-refractivity contribution in [2.75, 3.05) is 30.8 Å². The number of benzene rings is 2. The second kappa shape index (κ2) is 10.3. The van der Waals surface area contributed by atoms with Gasteiger partial charge in [0.1, 0.15) is 0 Å². The average molecular weight is 363 g/mol. The summed E-state index contributed by atoms with van der Waals surface area (Å²) in [6.07, 6.45) is 0.930. The minimum absolute atomic E-state index is 0.0938. The zero-order valence-corrected chi connectivity index (χ0v) is 15.4. The first-order valence-electron chi connectivity index (χ1n) is 8.00. The first-order chi connectivity index (χ1) is 11.6. The predicted molar refractivity (Wildman–Crippen MR) is 105 cm³/mol. The van der Waals surface area contributed by atoms with Crippen molar-refractivity contribution in [2.24, 2.45) is 0 Å². The molecule has 2 rings (SSSR count). The Labute approximate surface area is 153 Å². The van der Waals surface area contributed by atoms with Gasteiger partial charge in [0.2, 0.25) is 5.91 Å². The fourth-order valence-corrected chi connectivity index (χ4v) is 3.19. The average Bonchev–Trinajstić information content (AvgIpc) is 2.61. The number of thioether (sulfide) groups is 1. The topological polar surface area (TPSA) is 32.3 Å². The molecule has 0 unspecified atom stereocenters. The van der Waals surface area contributed by atoms with E-state index in [0.717, 1.165) is 23.7 Å². The number of nitrogens with one attached hydrogen (secondary N) is 1. The molecule has 5 heteroatoms. The minimum atomic E-state index is 0.0938. The van der Waals surface area contributed by atoms with Gasteiger partial charge in [-0.25, -0.2) is 0 Å². The summed E-state index contributed by atoms with van der Waals surface area (Å²) in [6.45, 7) is 1.62. The molecule has 0 fully saturated rings. The van der Waals surface area contributed by atoms with Gasteiger partial charge < -0.3 is 10.2 Å². The van der Waals surface area contributed by atoms with Crippen molar-refractivity contribution in [1.82, 2.24) is 5.32 Å². The van der Waals surface area contributed by atoms with Crippen LogP contribution in [0.15, 0.2) is 54.6 Å². The van der Waals surface area contributed by atoms with Crippen molar-refractivity contribution in [1.29, 1.82) is 0 Å². The largest absolute Gasteiger partial charge is 0.375 e. The molecule has 2 aromatic carbocycles. The lowest BCUT2D eigenvalue weighted by Crippen LogP contribution is -2.29. The highest BCUT2D eigenvalue weighted by Crippen LogP contribution is 2.15. The number of rotatable bonds is 9. The highest BCUT2D eigenvalue weighted by Gasteiger charge is 2.03. The fourth-order valence-electron chi connectivity index (χ4n) is 2.25. The van der Waals surface area contributed by atoms with Gasteiger partial charge in [0.25, 0.3) is 0 Å². The number of para-hydroxylation sites is 1. The van der Waals surface area contributed by atoms with Crippen LogP contribution in [-0.2, 0) is 10.5 Å². The van der Waals surface area contributed by atoms with Gasteiger partial charge >= 0.3 is 0 Å². The molecule has 24 heavy (non-hydrogen) atoms. The summed E-state index contributed by atoms with van der Waals surface area (Å²) in [4.78, 5) is 14.0. The van der Waals surface area contributed by atoms with Crippen molar-refractivity contribution >= 4 is 35.0 Å². The Bertz CT molecular complexity index is 619. The van der Waals surface area contributed by atoms with Gasteiger partial charge in [-0.15, -0.1) is 11.8 Å². The van der Waals surface area contributed by atoms with Crippen LogP contribution in [-0.4, -0.2) is 31.8 Å². The third-order valence-electron chi connectivity index (χ3n) is 3.60. The zero-order valence-electron chi connectivity index (χ0n) is 13.9. The lowest BCUT2D eigenvalue weighted by molar-refractivity contribution is -0.118. The van der Waals surface area contributed by atoms with E-state index in [4.69, 9.17) is 11.6 Å². The second-order valence-corrected chi connectivity index (χ2v) is 7.00. The van der Waals surface area contributed by atoms with E-state index in [1.54, 1.807) is 11.8 Å². The maximum atomic E-state index is 11.8. The van der Waals surface area contributed by atoms with Gasteiger partial charge in [-0.05, 0) is 36.2 Å². The lowest BCUT2D eigenvalue weighted by Gasteiger charge is -2.19. The molecule has 0 aliphatic carbocycles. The van der Waals surface area contributed by atoms with Gasteiger partial charge in [0.15, 0.2) is 0 Å². The molecule has 0 saturated heterocycles. The van der Waals surface area contributed by atoms with Crippen LogP contribution in [0.1, 0.15) is 12.0 Å². The maximum absolute atomic E-state index is 11.8. The number of nitrogens with zero attached hydrogens (tertiary/aromatic N) is 1. The summed E-state index contributed by atoms with van der Waals surface area (Å²) < 4.78 is 0. The standard InChI is InChI=1S/C19H23ClN2OS/c1-22(18-6-3-2-4-7-18)13-5-12-21-19(23)15-24-14-16-8-10-17(20)11-9-16/h2-4,6-11H,5,12-15H2,1H3,(H,21,23). The highest BCUT2D eigenvalue weighted by molar-refractivity contribution is 7.99. The molecule has 2 aromatic rings. The summed E-state index contributed by atoms with van der Waals surface area (Å²) in [5.74, 6) is 1.40. The van der Waals surface area contributed by atoms with E-state index < -0.39 is 0 Å². The number of halogens is 1. The molecule has 0 spiro atoms. The van der Waals surface area contributed by atoms with Crippen LogP contribution in [0.25, 0.3) is 0 Å². The normalized spacial score (nSPS) is 10.4. The molecule has 0 saturated carbocycles. The van der Waals surface area contributed by atoms with Crippen LogP contribution in [0.3, 0.4) is 0 Å². The number of hydrogen-bond donors (Lipinski definition) is 1. The van der Waals surface area contributed by atoms with Crippen LogP contribution in [0.4, 0.5) is 5.69 Å². The van der Waals surface area contributed by atoms with Gasteiger partial charge in [-0.2, -0.15) is 0 Å². The van der Waals surface area contributed by atoms with Crippen LogP contribution in [0.5, 0.6) is 0 Å². The minimum Gasteiger partial charge on any atom is -0.375 e. The molecule has 0 aliphatic heterocycles. The van der Waals surface area contributed by atoms with E-state index in [1.807, 2.05) is 42.5 Å². The molecule has 0 heterocycles. The first-order valence-corrected chi connectivity index (χ1v) is 9.53. The highest BCUT2D eigenvalue weighted by atomic mass is 35.5. The maximum Gasteiger partial charge on any atom is 0.230 e. The summed E-state index contributed by atoms with van der Waals surface area (Å²) in [6, 6.07) is 18.0. The Kier molecular flexibility index (Phi) is 7.99. The SMILES string of the molecule is CN(CCCNC(=O)CSCc1ccc(Cl)cc1)c1ccccc1. The summed E-state index contributed by atoms with van der Waals surface area (Å²) in [5.41, 5.74) is 2.38. The third-order valence-corrected chi connectivity index (χ3v) is 4.86. The molecular weight excluding hydrogens is 340 g/mol. The third kappa shape index (κ3) is 6.85. The number of carbonyl (C=O) groups is 1. The molecule has 1 N–H and O–H groups in total. The van der Waals surface area contributed by atoms with Gasteiger partial charge in [0, 0.05) is 36.6 Å². The van der Waals surface area contributed by atoms with E-state index in [-0.39, 0.29) is 5.91 Å². The number of amides is 1. The van der Waals surface area contributed by atoms with E-state index in [2.05, 4.69) is 29.4 Å². The van der Waals surface area contributed by atoms with E-state index in [1.165, 1.54) is 11.3 Å². The smallest absolute Gasteiger partial charge is 0.230 e. The van der Waals surface area contributed by atoms with Crippen LogP contribution in [0.2, 0.25) is 5.02 Å². The fraction of sp³-hybridized carbons (Fsp3) is 0.316. The Morgan fingerprint density at radius 1 is 1.12 bits per heavy atom. The number of anilines is 1. The molecule has 3 nitrogen and oxygen atoms in total. The number of hydrogen-bond acceptors (Lipinski definition) is 3. The summed E-state index contributed by atoms with van der Waals surface area (Å²) >= 11 is 7.47. The van der Waals surface area contributed by atoms with Crippen molar-refractivity contribution in [3.63, 3.8) is 0 Å². The summed E-state index contributed by atoms with van der Waals surface area (Å²) in [7, 11) is 2.07. The monoisotopic (exact) mass is 362 g/mol. The van der Waals surface area contributed by atoms with Crippen molar-refractivity contribution < 1.29 is 4.79 Å². The molecule has 128 valence electrons. The molecule has 0 aliphatic rings. The Morgan fingerprint density at radius 2 is 1.83 bits per heavy atom. The molecular formula is C19H23ClN2OS. The Hall–Kier alpha value is -1.65. The first kappa shape index (κ1) is 18.7. The second-order valence-electron chi connectivity index (χ2n) is 5.58. The predicted octanol–water partition coefficient (Wildman–Crippen LogP) is 4.22. The Morgan fingerprint density at radius 3 is 2.54 bits per heavy atom. The molecule has 0 atom stereocenters. The van der Waals surface area contributed by atoms with E-state index in [0.29, 0.717) is 12.3 Å². The molecule has 0 radical (unpaired) electrons. The zero-order chi connectivity index (χ0) is 17.2. The van der Waals surface area contributed by atoms with Crippen LogP contribution in [0, 0.1) is 0 Å². The van der Waals surface area contributed by atoms with Crippen molar-refractivity contribution in [2.45, 2.75) is 12.2 Å². The van der Waals surface area contributed by atoms with E-state index >= 15 is 0 Å². The van der Waals surface area contributed by atoms with Gasteiger partial charge in [-0.1, -0.05) is 41.9 Å². The van der Waals surface area contributed by atoms with Crippen molar-refractivity contribution in [3.8, 4) is 0 Å². The molecule has 1 amide bonds. The van der Waals surface area contributed by atoms with E-state index in [9.17, 15) is 4.79 Å². The van der Waals surface area contributed by atoms with Crippen molar-refractivity contribution in [3.05, 3.63) is 65.2 Å². The Balaban J connectivity index is 1.56. The molecule has 0 bridgehead atoms. The van der Waals surface area contributed by atoms with Gasteiger partial charge in [0.05, 0.1) is 5.75 Å². The van der Waals surface area contributed by atoms with Gasteiger partial charge in [-0.3, -0.25) is 4.79 Å². The lowest BCUT2D eigenvalue weighted by atomic mass is 10.2. The number of carbonyl (C=O) groups excluding carboxylic acids is 1. The van der Waals surface area contributed by atoms with Crippen LogP contribution < -0.4 is 10.2 Å². The van der Waals surface area contributed by atoms with Crippen LogP contribution >= 0.6 is 23.4 Å². The summed E-state index contributed by atoms with van der Waals surface area (Å²) in [5, 5.41) is 3.72. The quantitative estimate of drug-likeness (QED) is 0.678.